The van der Waals surface area contributed by atoms with Crippen LogP contribution < -0.4 is 10.9 Å². The van der Waals surface area contributed by atoms with E-state index in [1.165, 1.54) is 22.2 Å². The van der Waals surface area contributed by atoms with Crippen molar-refractivity contribution < 1.29 is 9.90 Å². The van der Waals surface area contributed by atoms with Crippen LogP contribution in [0.5, 0.6) is 0 Å². The molecule has 0 saturated heterocycles. The van der Waals surface area contributed by atoms with Crippen LogP contribution in [-0.4, -0.2) is 33.2 Å². The molecule has 6 nitrogen and oxygen atoms in total. The molecule has 0 aliphatic rings. The van der Waals surface area contributed by atoms with E-state index in [0.717, 1.165) is 0 Å². The molecule has 21 heavy (non-hydrogen) atoms. The summed E-state index contributed by atoms with van der Waals surface area (Å²) in [6.45, 7) is 3.91. The summed E-state index contributed by atoms with van der Waals surface area (Å²) >= 11 is 1.40. The molecule has 1 amide bonds. The second kappa shape index (κ2) is 6.82. The summed E-state index contributed by atoms with van der Waals surface area (Å²) in [6, 6.07) is 1.61. The second-order valence-electron chi connectivity index (χ2n) is 5.25. The van der Waals surface area contributed by atoms with Crippen molar-refractivity contribution in [1.82, 2.24) is 14.9 Å². The lowest BCUT2D eigenvalue weighted by atomic mass is 10.0. The Morgan fingerprint density at radius 3 is 2.95 bits per heavy atom. The van der Waals surface area contributed by atoms with E-state index in [9.17, 15) is 9.59 Å². The van der Waals surface area contributed by atoms with Crippen molar-refractivity contribution in [2.45, 2.75) is 32.9 Å². The highest BCUT2D eigenvalue weighted by molar-refractivity contribution is 7.16. The Balaban J connectivity index is 2.10. The number of thiophene rings is 1. The van der Waals surface area contributed by atoms with Gasteiger partial charge in [-0.05, 0) is 23.8 Å². The quantitative estimate of drug-likeness (QED) is 0.833. The molecule has 0 aliphatic heterocycles. The number of aliphatic hydroxyl groups excluding tert-OH is 1. The lowest BCUT2D eigenvalue weighted by molar-refractivity contribution is -0.122. The van der Waals surface area contributed by atoms with E-state index in [2.05, 4.69) is 10.3 Å². The first-order valence-corrected chi connectivity index (χ1v) is 7.73. The normalized spacial score (nSPS) is 12.8. The van der Waals surface area contributed by atoms with Gasteiger partial charge in [0.05, 0.1) is 11.7 Å². The maximum Gasteiger partial charge on any atom is 0.262 e. The zero-order valence-electron chi connectivity index (χ0n) is 12.1. The third kappa shape index (κ3) is 3.68. The van der Waals surface area contributed by atoms with Gasteiger partial charge in [0.15, 0.2) is 0 Å². The zero-order valence-corrected chi connectivity index (χ0v) is 12.9. The molecule has 0 radical (unpaired) electrons. The fourth-order valence-corrected chi connectivity index (χ4v) is 2.85. The highest BCUT2D eigenvalue weighted by Gasteiger charge is 2.16. The van der Waals surface area contributed by atoms with Gasteiger partial charge < -0.3 is 10.4 Å². The number of nitrogens with zero attached hydrogens (tertiary/aromatic N) is 2. The molecule has 0 bridgehead atoms. The molecule has 1 atom stereocenters. The molecule has 0 aliphatic carbocycles. The molecule has 114 valence electrons. The van der Waals surface area contributed by atoms with E-state index >= 15 is 0 Å². The molecule has 0 fully saturated rings. The smallest absolute Gasteiger partial charge is 0.262 e. The third-order valence-corrected chi connectivity index (χ3v) is 4.18. The highest BCUT2D eigenvalue weighted by Crippen LogP contribution is 2.13. The first kappa shape index (κ1) is 15.7. The van der Waals surface area contributed by atoms with Crippen LogP contribution in [0.15, 0.2) is 22.6 Å². The summed E-state index contributed by atoms with van der Waals surface area (Å²) in [4.78, 5) is 29.1. The molecular weight excluding hydrogens is 290 g/mol. The predicted octanol–water partition coefficient (Wildman–Crippen LogP) is 0.981. The van der Waals surface area contributed by atoms with Crippen LogP contribution >= 0.6 is 11.3 Å². The van der Waals surface area contributed by atoms with E-state index in [1.54, 1.807) is 11.4 Å². The molecule has 2 aromatic heterocycles. The van der Waals surface area contributed by atoms with E-state index in [-0.39, 0.29) is 36.6 Å². The van der Waals surface area contributed by atoms with Gasteiger partial charge in [-0.3, -0.25) is 14.2 Å². The molecule has 2 heterocycles. The summed E-state index contributed by atoms with van der Waals surface area (Å²) in [5.41, 5.74) is -0.209. The molecule has 2 aromatic rings. The van der Waals surface area contributed by atoms with Crippen molar-refractivity contribution in [3.8, 4) is 0 Å². The largest absolute Gasteiger partial charge is 0.396 e. The van der Waals surface area contributed by atoms with Gasteiger partial charge in [0.2, 0.25) is 5.91 Å². The molecule has 2 rings (SSSR count). The van der Waals surface area contributed by atoms with Gasteiger partial charge in [-0.2, -0.15) is 0 Å². The van der Waals surface area contributed by atoms with E-state index in [0.29, 0.717) is 16.6 Å². The lowest BCUT2D eigenvalue weighted by Crippen LogP contribution is -2.42. The third-order valence-electron chi connectivity index (χ3n) is 3.36. The fourth-order valence-electron chi connectivity index (χ4n) is 2.12. The Kier molecular flexibility index (Phi) is 5.08. The maximum atomic E-state index is 12.2. The number of rotatable bonds is 6. The van der Waals surface area contributed by atoms with Crippen LogP contribution in [0.2, 0.25) is 0 Å². The van der Waals surface area contributed by atoms with E-state index in [4.69, 9.17) is 5.11 Å². The van der Waals surface area contributed by atoms with Gasteiger partial charge in [-0.15, -0.1) is 11.3 Å². The fraction of sp³-hybridized carbons (Fsp3) is 0.500. The first-order chi connectivity index (χ1) is 10.0. The van der Waals surface area contributed by atoms with Crippen molar-refractivity contribution in [3.63, 3.8) is 0 Å². The Labute approximate surface area is 126 Å². The van der Waals surface area contributed by atoms with Crippen molar-refractivity contribution in [2.24, 2.45) is 5.92 Å². The van der Waals surface area contributed by atoms with Crippen LogP contribution in [0.1, 0.15) is 20.3 Å². The van der Waals surface area contributed by atoms with Gasteiger partial charge in [0.1, 0.15) is 11.4 Å². The van der Waals surface area contributed by atoms with Crippen LogP contribution in [0.3, 0.4) is 0 Å². The monoisotopic (exact) mass is 309 g/mol. The molecule has 0 spiro atoms. The Morgan fingerprint density at radius 2 is 2.29 bits per heavy atom. The Morgan fingerprint density at radius 1 is 1.52 bits per heavy atom. The Hall–Kier alpha value is -1.73. The van der Waals surface area contributed by atoms with Gasteiger partial charge in [-0.25, -0.2) is 4.98 Å². The van der Waals surface area contributed by atoms with Crippen molar-refractivity contribution in [1.29, 1.82) is 0 Å². The minimum absolute atomic E-state index is 0.0193. The van der Waals surface area contributed by atoms with Gasteiger partial charge >= 0.3 is 0 Å². The highest BCUT2D eigenvalue weighted by atomic mass is 32.1. The molecule has 1 unspecified atom stereocenters. The van der Waals surface area contributed by atoms with Crippen LogP contribution in [0.25, 0.3) is 10.2 Å². The number of carbonyl (C=O) groups excluding carboxylic acids is 1. The van der Waals surface area contributed by atoms with E-state index in [1.807, 2.05) is 13.8 Å². The van der Waals surface area contributed by atoms with Crippen molar-refractivity contribution in [2.75, 3.05) is 6.61 Å². The lowest BCUT2D eigenvalue weighted by Gasteiger charge is -2.21. The number of amides is 1. The van der Waals surface area contributed by atoms with Gasteiger partial charge in [0.25, 0.3) is 5.56 Å². The number of nitrogens with one attached hydrogen (secondary N) is 1. The Bertz CT molecular complexity index is 677. The zero-order chi connectivity index (χ0) is 15.4. The molecular formula is C14H19N3O3S. The maximum absolute atomic E-state index is 12.2. The molecule has 0 aromatic carbocycles. The van der Waals surface area contributed by atoms with Crippen LogP contribution in [-0.2, 0) is 11.3 Å². The molecule has 0 saturated carbocycles. The number of fused-ring (bicyclic) bond motifs is 1. The summed E-state index contributed by atoms with van der Waals surface area (Å²) in [5, 5.41) is 14.2. The number of aliphatic hydroxyl groups is 1. The first-order valence-electron chi connectivity index (χ1n) is 6.85. The van der Waals surface area contributed by atoms with Crippen molar-refractivity contribution >= 4 is 27.5 Å². The number of aromatic nitrogens is 2. The van der Waals surface area contributed by atoms with E-state index < -0.39 is 0 Å². The van der Waals surface area contributed by atoms with Gasteiger partial charge in [0, 0.05) is 12.6 Å². The number of carbonyl (C=O) groups is 1. The van der Waals surface area contributed by atoms with Crippen molar-refractivity contribution in [3.05, 3.63) is 28.1 Å². The average molecular weight is 309 g/mol. The summed E-state index contributed by atoms with van der Waals surface area (Å²) in [6.07, 6.45) is 1.90. The number of hydrogen-bond donors (Lipinski definition) is 2. The number of hydrogen-bond acceptors (Lipinski definition) is 5. The minimum Gasteiger partial charge on any atom is -0.396 e. The predicted molar refractivity (Wildman–Crippen MR) is 82.4 cm³/mol. The minimum atomic E-state index is -0.249. The summed E-state index contributed by atoms with van der Waals surface area (Å²) in [5.74, 6) is -0.0315. The topological polar surface area (TPSA) is 84.2 Å². The summed E-state index contributed by atoms with van der Waals surface area (Å²) < 4.78 is 1.31. The van der Waals surface area contributed by atoms with Crippen LogP contribution in [0, 0.1) is 5.92 Å². The SMILES string of the molecule is CC(C)C(CCO)NC(=O)Cn1cnc2sccc2c1=O. The standard InChI is InChI=1S/C14H19N3O3S/c1-9(2)11(3-5-18)16-12(19)7-17-8-15-13-10(14(17)20)4-6-21-13/h4,6,8-9,11,18H,3,5,7H2,1-2H3,(H,16,19). The second-order valence-corrected chi connectivity index (χ2v) is 6.14. The summed E-state index contributed by atoms with van der Waals surface area (Å²) in [7, 11) is 0. The van der Waals surface area contributed by atoms with Crippen LogP contribution in [0.4, 0.5) is 0 Å². The van der Waals surface area contributed by atoms with Gasteiger partial charge in [-0.1, -0.05) is 13.8 Å². The molecule has 2 N–H and O–H groups in total. The average Bonchev–Trinajstić information content (AvgIpc) is 2.90. The molecule has 7 heteroatoms.